The number of likely N-dealkylation sites (tertiary alicyclic amines) is 1. The van der Waals surface area contributed by atoms with E-state index in [4.69, 9.17) is 9.47 Å². The number of amides is 2. The number of halogens is 1. The Balaban J connectivity index is 1.81. The summed E-state index contributed by atoms with van der Waals surface area (Å²) in [4.78, 5) is 26.0. The lowest BCUT2D eigenvalue weighted by Crippen LogP contribution is -2.51. The van der Waals surface area contributed by atoms with E-state index >= 15 is 0 Å². The molecule has 0 unspecified atom stereocenters. The summed E-state index contributed by atoms with van der Waals surface area (Å²) in [6.45, 7) is 6.64. The molecular formula is C18H25IN2O4. The van der Waals surface area contributed by atoms with Crippen molar-refractivity contribution >= 4 is 34.6 Å². The van der Waals surface area contributed by atoms with E-state index in [0.29, 0.717) is 18.8 Å². The van der Waals surface area contributed by atoms with Crippen molar-refractivity contribution < 1.29 is 19.1 Å². The number of ether oxygens (including phenoxy) is 2. The van der Waals surface area contributed by atoms with Crippen LogP contribution in [-0.2, 0) is 9.53 Å². The SMILES string of the molecule is CC(C)(C)OC(=O)N[C@H]1CCCN(C(=O)COc2cccc(I)c2)C1. The van der Waals surface area contributed by atoms with Gasteiger partial charge in [0.25, 0.3) is 5.91 Å². The maximum atomic E-state index is 12.4. The van der Waals surface area contributed by atoms with Gasteiger partial charge in [-0.3, -0.25) is 4.79 Å². The van der Waals surface area contributed by atoms with Crippen molar-refractivity contribution in [1.82, 2.24) is 10.2 Å². The second kappa shape index (κ2) is 8.73. The summed E-state index contributed by atoms with van der Waals surface area (Å²) in [6.07, 6.45) is 1.23. The number of benzene rings is 1. The molecule has 1 atom stereocenters. The van der Waals surface area contributed by atoms with Crippen molar-refractivity contribution in [3.8, 4) is 5.75 Å². The number of carbonyl (C=O) groups is 2. The molecule has 0 saturated carbocycles. The van der Waals surface area contributed by atoms with E-state index < -0.39 is 11.7 Å². The largest absolute Gasteiger partial charge is 0.484 e. The molecule has 25 heavy (non-hydrogen) atoms. The van der Waals surface area contributed by atoms with Gasteiger partial charge in [0.05, 0.1) is 0 Å². The molecule has 1 saturated heterocycles. The van der Waals surface area contributed by atoms with Crippen molar-refractivity contribution in [3.05, 3.63) is 27.8 Å². The highest BCUT2D eigenvalue weighted by atomic mass is 127. The lowest BCUT2D eigenvalue weighted by molar-refractivity contribution is -0.134. The number of hydrogen-bond acceptors (Lipinski definition) is 4. The molecular weight excluding hydrogens is 435 g/mol. The maximum absolute atomic E-state index is 12.4. The number of piperidine rings is 1. The van der Waals surface area contributed by atoms with Gasteiger partial charge in [-0.2, -0.15) is 0 Å². The van der Waals surface area contributed by atoms with Gasteiger partial charge in [-0.15, -0.1) is 0 Å². The molecule has 138 valence electrons. The first-order chi connectivity index (χ1) is 11.7. The van der Waals surface area contributed by atoms with Gasteiger partial charge in [0.15, 0.2) is 6.61 Å². The Bertz CT molecular complexity index is 615. The van der Waals surface area contributed by atoms with Crippen molar-refractivity contribution in [2.45, 2.75) is 45.3 Å². The normalized spacial score (nSPS) is 17.8. The maximum Gasteiger partial charge on any atom is 0.407 e. The summed E-state index contributed by atoms with van der Waals surface area (Å²) in [5.41, 5.74) is -0.532. The molecule has 1 aromatic carbocycles. The standard InChI is InChI=1S/C18H25IN2O4/c1-18(2,3)25-17(23)20-14-7-5-9-21(11-14)16(22)12-24-15-8-4-6-13(19)10-15/h4,6,8,10,14H,5,7,9,11-12H2,1-3H3,(H,20,23)/t14-/m0/s1. The minimum absolute atomic E-state index is 0.000743. The van der Waals surface area contributed by atoms with Gasteiger partial charge < -0.3 is 19.7 Å². The summed E-state index contributed by atoms with van der Waals surface area (Å²) >= 11 is 2.20. The predicted octanol–water partition coefficient (Wildman–Crippen LogP) is 3.19. The Morgan fingerprint density at radius 3 is 2.80 bits per heavy atom. The minimum atomic E-state index is -0.532. The summed E-state index contributed by atoms with van der Waals surface area (Å²) in [6, 6.07) is 7.48. The Labute approximate surface area is 162 Å². The molecule has 2 amide bonds. The molecule has 6 nitrogen and oxygen atoms in total. The molecule has 1 heterocycles. The third-order valence-electron chi connectivity index (χ3n) is 3.65. The minimum Gasteiger partial charge on any atom is -0.484 e. The molecule has 0 aromatic heterocycles. The van der Waals surface area contributed by atoms with Crippen LogP contribution in [0.3, 0.4) is 0 Å². The molecule has 2 rings (SSSR count). The van der Waals surface area contributed by atoms with Crippen LogP contribution in [0.25, 0.3) is 0 Å². The highest BCUT2D eigenvalue weighted by Crippen LogP contribution is 2.16. The smallest absolute Gasteiger partial charge is 0.407 e. The number of rotatable bonds is 4. The second-order valence-electron chi connectivity index (χ2n) is 7.07. The van der Waals surface area contributed by atoms with Crippen LogP contribution in [0.2, 0.25) is 0 Å². The molecule has 1 fully saturated rings. The van der Waals surface area contributed by atoms with Crippen LogP contribution in [-0.4, -0.2) is 48.2 Å². The topological polar surface area (TPSA) is 67.9 Å². The number of nitrogens with zero attached hydrogens (tertiary/aromatic N) is 1. The van der Waals surface area contributed by atoms with Crippen LogP contribution in [0.4, 0.5) is 4.79 Å². The van der Waals surface area contributed by atoms with Crippen LogP contribution >= 0.6 is 22.6 Å². The first-order valence-corrected chi connectivity index (χ1v) is 9.46. The predicted molar refractivity (Wildman–Crippen MR) is 104 cm³/mol. The number of carbonyl (C=O) groups excluding carboxylic acids is 2. The van der Waals surface area contributed by atoms with Crippen molar-refractivity contribution in [3.63, 3.8) is 0 Å². The van der Waals surface area contributed by atoms with Gasteiger partial charge in [-0.05, 0) is 74.4 Å². The average molecular weight is 460 g/mol. The van der Waals surface area contributed by atoms with E-state index in [1.807, 2.05) is 45.0 Å². The highest BCUT2D eigenvalue weighted by Gasteiger charge is 2.26. The van der Waals surface area contributed by atoms with E-state index in [1.54, 1.807) is 4.90 Å². The summed E-state index contributed by atoms with van der Waals surface area (Å²) in [5.74, 6) is 0.607. The highest BCUT2D eigenvalue weighted by molar-refractivity contribution is 14.1. The monoisotopic (exact) mass is 460 g/mol. The Kier molecular flexibility index (Phi) is 6.92. The fraction of sp³-hybridized carbons (Fsp3) is 0.556. The van der Waals surface area contributed by atoms with Crippen molar-refractivity contribution in [2.75, 3.05) is 19.7 Å². The Hall–Kier alpha value is -1.51. The molecule has 1 aromatic rings. The van der Waals surface area contributed by atoms with Crippen LogP contribution < -0.4 is 10.1 Å². The van der Waals surface area contributed by atoms with Gasteiger partial charge in [-0.1, -0.05) is 6.07 Å². The van der Waals surface area contributed by atoms with Crippen LogP contribution in [0.15, 0.2) is 24.3 Å². The van der Waals surface area contributed by atoms with E-state index in [9.17, 15) is 9.59 Å². The van der Waals surface area contributed by atoms with E-state index in [0.717, 1.165) is 16.4 Å². The van der Waals surface area contributed by atoms with Crippen LogP contribution in [0, 0.1) is 3.57 Å². The fourth-order valence-electron chi connectivity index (χ4n) is 2.59. The van der Waals surface area contributed by atoms with Crippen molar-refractivity contribution in [1.29, 1.82) is 0 Å². The number of alkyl carbamates (subject to hydrolysis) is 1. The Morgan fingerprint density at radius 1 is 1.36 bits per heavy atom. The molecule has 7 heteroatoms. The van der Waals surface area contributed by atoms with Gasteiger partial charge in [0.1, 0.15) is 11.4 Å². The lowest BCUT2D eigenvalue weighted by Gasteiger charge is -2.33. The molecule has 0 spiro atoms. The van der Waals surface area contributed by atoms with Crippen molar-refractivity contribution in [2.24, 2.45) is 0 Å². The molecule has 0 bridgehead atoms. The third-order valence-corrected chi connectivity index (χ3v) is 4.32. The molecule has 0 radical (unpaired) electrons. The second-order valence-corrected chi connectivity index (χ2v) is 8.32. The van der Waals surface area contributed by atoms with Crippen LogP contribution in [0.5, 0.6) is 5.75 Å². The van der Waals surface area contributed by atoms with E-state index in [1.165, 1.54) is 0 Å². The molecule has 1 aliphatic heterocycles. The summed E-state index contributed by atoms with van der Waals surface area (Å²) in [5, 5.41) is 2.84. The zero-order valence-corrected chi connectivity index (χ0v) is 17.0. The average Bonchev–Trinajstić information content (AvgIpc) is 2.51. The summed E-state index contributed by atoms with van der Waals surface area (Å²) < 4.78 is 11.9. The quantitative estimate of drug-likeness (QED) is 0.702. The first-order valence-electron chi connectivity index (χ1n) is 8.38. The van der Waals surface area contributed by atoms with Gasteiger partial charge in [0, 0.05) is 22.7 Å². The van der Waals surface area contributed by atoms with Gasteiger partial charge in [-0.25, -0.2) is 4.79 Å². The summed E-state index contributed by atoms with van der Waals surface area (Å²) in [7, 11) is 0. The Morgan fingerprint density at radius 2 is 2.12 bits per heavy atom. The van der Waals surface area contributed by atoms with Gasteiger partial charge in [0.2, 0.25) is 0 Å². The molecule has 1 aliphatic rings. The lowest BCUT2D eigenvalue weighted by atomic mass is 10.1. The molecule has 1 N–H and O–H groups in total. The molecule has 0 aliphatic carbocycles. The first kappa shape index (κ1) is 19.8. The van der Waals surface area contributed by atoms with Crippen LogP contribution in [0.1, 0.15) is 33.6 Å². The van der Waals surface area contributed by atoms with Gasteiger partial charge >= 0.3 is 6.09 Å². The third kappa shape index (κ3) is 7.09. The van der Waals surface area contributed by atoms with E-state index in [-0.39, 0.29) is 18.6 Å². The number of nitrogens with one attached hydrogen (secondary N) is 1. The van der Waals surface area contributed by atoms with E-state index in [2.05, 4.69) is 27.9 Å². The fourth-order valence-corrected chi connectivity index (χ4v) is 3.10. The zero-order valence-electron chi connectivity index (χ0n) is 14.9. The zero-order chi connectivity index (χ0) is 18.4. The number of hydrogen-bond donors (Lipinski definition) is 1.